The number of rotatable bonds is 12. The highest BCUT2D eigenvalue weighted by Gasteiger charge is 2.19. The second-order valence-corrected chi connectivity index (χ2v) is 10.4. The first kappa shape index (κ1) is 32.1. The average molecular weight is 498 g/mol. The minimum absolute atomic E-state index is 0.0291. The molecule has 0 saturated heterocycles. The van der Waals surface area contributed by atoms with E-state index in [1.54, 1.807) is 55.4 Å². The number of amides is 2. The molecule has 3 N–H and O–H groups in total. The third-order valence-electron chi connectivity index (χ3n) is 4.47. The molecule has 0 aromatic heterocycles. The van der Waals surface area contributed by atoms with Crippen molar-refractivity contribution in [3.63, 3.8) is 0 Å². The van der Waals surface area contributed by atoms with E-state index in [-0.39, 0.29) is 30.2 Å². The van der Waals surface area contributed by atoms with E-state index in [4.69, 9.17) is 9.47 Å². The lowest BCUT2D eigenvalue weighted by Gasteiger charge is -2.19. The summed E-state index contributed by atoms with van der Waals surface area (Å²) >= 11 is 0. The Kier molecular flexibility index (Phi) is 13.9. The van der Waals surface area contributed by atoms with Crippen LogP contribution >= 0.6 is 0 Å². The Morgan fingerprint density at radius 3 is 2.09 bits per heavy atom. The minimum Gasteiger partial charge on any atom is -0.478 e. The summed E-state index contributed by atoms with van der Waals surface area (Å²) in [5.41, 5.74) is -1.14. The number of carboxylic acids is 1. The summed E-state index contributed by atoms with van der Waals surface area (Å²) in [4.78, 5) is 51.5. The molecule has 0 bridgehead atoms. The van der Waals surface area contributed by atoms with Crippen LogP contribution in [0, 0.1) is 5.92 Å². The van der Waals surface area contributed by atoms with E-state index in [2.05, 4.69) is 15.6 Å². The molecule has 0 aliphatic rings. The predicted octanol–water partition coefficient (Wildman–Crippen LogP) is 4.62. The Hall–Kier alpha value is -2.91. The maximum absolute atomic E-state index is 12.5. The predicted molar refractivity (Wildman–Crippen MR) is 135 cm³/mol. The van der Waals surface area contributed by atoms with E-state index in [0.29, 0.717) is 38.1 Å². The van der Waals surface area contributed by atoms with Gasteiger partial charge in [-0.3, -0.25) is 15.1 Å². The fourth-order valence-corrected chi connectivity index (χ4v) is 2.80. The quantitative estimate of drug-likeness (QED) is 0.154. The summed E-state index contributed by atoms with van der Waals surface area (Å²) in [6.07, 6.45) is 2.56. The van der Waals surface area contributed by atoms with Gasteiger partial charge in [-0.15, -0.1) is 0 Å². The zero-order valence-electron chi connectivity index (χ0n) is 22.4. The Labute approximate surface area is 208 Å². The SMILES string of the molecule is CC(=NCC/C=C(\CC(=O)[C@@H](C)CCCCNC(=O)OC(C)(C)C)C(=O)O)NC(=O)OC(C)(C)C. The fourth-order valence-electron chi connectivity index (χ4n) is 2.80. The van der Waals surface area contributed by atoms with Crippen LogP contribution in [0.15, 0.2) is 16.6 Å². The lowest BCUT2D eigenvalue weighted by molar-refractivity contribution is -0.134. The molecule has 0 aliphatic heterocycles. The zero-order chi connectivity index (χ0) is 27.2. The van der Waals surface area contributed by atoms with E-state index in [9.17, 15) is 24.3 Å². The lowest BCUT2D eigenvalue weighted by atomic mass is 9.94. The van der Waals surface area contributed by atoms with Crippen molar-refractivity contribution in [1.29, 1.82) is 0 Å². The highest BCUT2D eigenvalue weighted by Crippen LogP contribution is 2.15. The zero-order valence-corrected chi connectivity index (χ0v) is 22.4. The van der Waals surface area contributed by atoms with Crippen molar-refractivity contribution in [1.82, 2.24) is 10.6 Å². The molecule has 0 aromatic rings. The van der Waals surface area contributed by atoms with Crippen molar-refractivity contribution in [2.45, 2.75) is 98.7 Å². The fraction of sp³-hybridized carbons (Fsp3) is 0.720. The monoisotopic (exact) mass is 497 g/mol. The summed E-state index contributed by atoms with van der Waals surface area (Å²) in [6, 6.07) is 0. The number of alkyl carbamates (subject to hydrolysis) is 2. The number of unbranched alkanes of at least 4 members (excludes halogenated alkanes) is 1. The van der Waals surface area contributed by atoms with Crippen LogP contribution in [0.2, 0.25) is 0 Å². The molecule has 0 saturated carbocycles. The number of aliphatic imine (C=N–C) groups is 1. The van der Waals surface area contributed by atoms with Gasteiger partial charge in [0.2, 0.25) is 0 Å². The number of carboxylic acid groups (broad SMARTS) is 1. The van der Waals surface area contributed by atoms with Gasteiger partial charge in [0.1, 0.15) is 22.8 Å². The number of Topliss-reactive ketones (excluding diaryl/α,β-unsaturated/α-hetero) is 1. The molecule has 0 radical (unpaired) electrons. The van der Waals surface area contributed by atoms with Gasteiger partial charge in [-0.1, -0.05) is 19.4 Å². The van der Waals surface area contributed by atoms with Crippen LogP contribution in [0.25, 0.3) is 0 Å². The molecular formula is C25H43N3O7. The van der Waals surface area contributed by atoms with Crippen molar-refractivity contribution >= 4 is 29.8 Å². The normalized spacial score (nSPS) is 13.6. The molecule has 0 rings (SSSR count). The average Bonchev–Trinajstić information content (AvgIpc) is 2.66. The van der Waals surface area contributed by atoms with E-state index < -0.39 is 29.4 Å². The number of nitrogens with zero attached hydrogens (tertiary/aromatic N) is 1. The molecule has 0 spiro atoms. The lowest BCUT2D eigenvalue weighted by Crippen LogP contribution is -2.35. The second-order valence-electron chi connectivity index (χ2n) is 10.4. The molecule has 35 heavy (non-hydrogen) atoms. The molecule has 0 aliphatic carbocycles. The molecule has 200 valence electrons. The van der Waals surface area contributed by atoms with Crippen molar-refractivity contribution in [3.8, 4) is 0 Å². The first-order valence-electron chi connectivity index (χ1n) is 11.9. The first-order chi connectivity index (χ1) is 16.0. The summed E-state index contributed by atoms with van der Waals surface area (Å²) in [6.45, 7) is 14.7. The van der Waals surface area contributed by atoms with Gasteiger partial charge in [0.15, 0.2) is 0 Å². The number of hydrogen-bond acceptors (Lipinski definition) is 7. The van der Waals surface area contributed by atoms with Crippen LogP contribution in [0.5, 0.6) is 0 Å². The maximum Gasteiger partial charge on any atom is 0.413 e. The Balaban J connectivity index is 4.46. The first-order valence-corrected chi connectivity index (χ1v) is 11.9. The Bertz CT molecular complexity index is 790. The number of nitrogens with one attached hydrogen (secondary N) is 2. The number of amidine groups is 1. The minimum atomic E-state index is -1.14. The molecule has 10 heteroatoms. The van der Waals surface area contributed by atoms with Crippen molar-refractivity contribution in [2.75, 3.05) is 13.1 Å². The summed E-state index contributed by atoms with van der Waals surface area (Å²) in [5, 5.41) is 14.6. The third-order valence-corrected chi connectivity index (χ3v) is 4.47. The van der Waals surface area contributed by atoms with E-state index >= 15 is 0 Å². The molecule has 0 aromatic carbocycles. The number of ether oxygens (including phenoxy) is 2. The number of hydrogen-bond donors (Lipinski definition) is 3. The van der Waals surface area contributed by atoms with Crippen LogP contribution in [0.3, 0.4) is 0 Å². The van der Waals surface area contributed by atoms with E-state index in [0.717, 1.165) is 0 Å². The second kappa shape index (κ2) is 15.2. The van der Waals surface area contributed by atoms with Gasteiger partial charge >= 0.3 is 18.2 Å². The van der Waals surface area contributed by atoms with Crippen LogP contribution in [-0.2, 0) is 19.1 Å². The summed E-state index contributed by atoms with van der Waals surface area (Å²) < 4.78 is 10.3. The van der Waals surface area contributed by atoms with Crippen molar-refractivity contribution in [2.24, 2.45) is 10.9 Å². The molecule has 1 atom stereocenters. The van der Waals surface area contributed by atoms with Gasteiger partial charge < -0.3 is 19.9 Å². The van der Waals surface area contributed by atoms with Gasteiger partial charge in [-0.2, -0.15) is 0 Å². The number of aliphatic carboxylic acids is 1. The maximum atomic E-state index is 12.5. The Morgan fingerprint density at radius 1 is 0.971 bits per heavy atom. The molecule has 0 fully saturated rings. The topological polar surface area (TPSA) is 143 Å². The highest BCUT2D eigenvalue weighted by atomic mass is 16.6. The molecule has 10 nitrogen and oxygen atoms in total. The highest BCUT2D eigenvalue weighted by molar-refractivity contribution is 5.95. The largest absolute Gasteiger partial charge is 0.478 e. The summed E-state index contributed by atoms with van der Waals surface area (Å²) in [7, 11) is 0. The summed E-state index contributed by atoms with van der Waals surface area (Å²) in [5.74, 6) is -1.22. The van der Waals surface area contributed by atoms with Gasteiger partial charge in [-0.25, -0.2) is 14.4 Å². The molecule has 2 amide bonds. The van der Waals surface area contributed by atoms with E-state index in [1.807, 2.05) is 0 Å². The number of carbonyl (C=O) groups is 4. The van der Waals surface area contributed by atoms with Crippen LogP contribution in [0.1, 0.15) is 87.5 Å². The van der Waals surface area contributed by atoms with Crippen LogP contribution in [-0.4, -0.2) is 59.2 Å². The molecular weight excluding hydrogens is 454 g/mol. The van der Waals surface area contributed by atoms with Gasteiger partial charge in [0.05, 0.1) is 0 Å². The smallest absolute Gasteiger partial charge is 0.413 e. The molecule has 0 heterocycles. The standard InChI is InChI=1S/C25H43N3O7/c1-17(12-9-10-14-27-22(32)34-24(3,4)5)20(29)16-19(21(30)31)13-11-15-26-18(2)28-23(33)35-25(6,7)8/h13,17H,9-12,14-16H2,1-8H3,(H,27,32)(H,30,31)(H,26,28,33)/b19-13+/t17-/m0/s1. The van der Waals surface area contributed by atoms with Gasteiger partial charge in [0.25, 0.3) is 0 Å². The number of ketones is 1. The number of carbonyl (C=O) groups excluding carboxylic acids is 3. The Morgan fingerprint density at radius 2 is 1.54 bits per heavy atom. The van der Waals surface area contributed by atoms with Crippen molar-refractivity contribution in [3.05, 3.63) is 11.6 Å². The van der Waals surface area contributed by atoms with Crippen molar-refractivity contribution < 1.29 is 33.8 Å². The van der Waals surface area contributed by atoms with Gasteiger partial charge in [-0.05, 0) is 67.7 Å². The molecule has 0 unspecified atom stereocenters. The third kappa shape index (κ3) is 18.1. The van der Waals surface area contributed by atoms with Gasteiger partial charge in [0, 0.05) is 31.0 Å². The van der Waals surface area contributed by atoms with Crippen LogP contribution < -0.4 is 10.6 Å². The van der Waals surface area contributed by atoms with Crippen LogP contribution in [0.4, 0.5) is 9.59 Å². The van der Waals surface area contributed by atoms with E-state index in [1.165, 1.54) is 6.08 Å².